The zero-order chi connectivity index (χ0) is 19.8. The van der Waals surface area contributed by atoms with Crippen LogP contribution in [0.5, 0.6) is 5.75 Å². The quantitative estimate of drug-likeness (QED) is 0.259. The SMILES string of the molecule is CCc1ccccc1CNC(=NC)NCc1nc(-c2ccc(OC)cc2)n[nH]1.I. The number of halogens is 1. The highest BCUT2D eigenvalue weighted by molar-refractivity contribution is 14.0. The predicted octanol–water partition coefficient (Wildman–Crippen LogP) is 3.53. The van der Waals surface area contributed by atoms with E-state index in [1.165, 1.54) is 11.1 Å². The first-order valence-electron chi connectivity index (χ1n) is 9.30. The molecule has 0 amide bonds. The van der Waals surface area contributed by atoms with E-state index in [-0.39, 0.29) is 24.0 Å². The molecular weight excluding hydrogens is 479 g/mol. The van der Waals surface area contributed by atoms with Crippen LogP contribution >= 0.6 is 24.0 Å². The minimum Gasteiger partial charge on any atom is -0.497 e. The molecule has 0 saturated heterocycles. The molecule has 0 atom stereocenters. The van der Waals surface area contributed by atoms with Gasteiger partial charge in [0.15, 0.2) is 11.8 Å². The van der Waals surface area contributed by atoms with Crippen molar-refractivity contribution in [3.05, 3.63) is 65.5 Å². The summed E-state index contributed by atoms with van der Waals surface area (Å²) in [5, 5.41) is 13.9. The molecule has 0 aliphatic heterocycles. The summed E-state index contributed by atoms with van der Waals surface area (Å²) in [6.45, 7) is 3.38. The van der Waals surface area contributed by atoms with Crippen LogP contribution in [0.2, 0.25) is 0 Å². The Balaban J connectivity index is 0.00000300. The first kappa shape index (κ1) is 22.7. The molecule has 29 heavy (non-hydrogen) atoms. The van der Waals surface area contributed by atoms with Crippen molar-refractivity contribution in [2.24, 2.45) is 4.99 Å². The molecule has 1 heterocycles. The minimum absolute atomic E-state index is 0. The smallest absolute Gasteiger partial charge is 0.191 e. The van der Waals surface area contributed by atoms with Gasteiger partial charge in [0.05, 0.1) is 13.7 Å². The maximum atomic E-state index is 5.18. The lowest BCUT2D eigenvalue weighted by Gasteiger charge is -2.13. The number of aliphatic imine (C=N–C) groups is 1. The van der Waals surface area contributed by atoms with E-state index in [0.717, 1.165) is 30.1 Å². The third-order valence-corrected chi connectivity index (χ3v) is 4.47. The van der Waals surface area contributed by atoms with E-state index >= 15 is 0 Å². The topological polar surface area (TPSA) is 87.2 Å². The zero-order valence-electron chi connectivity index (χ0n) is 16.9. The number of aromatic nitrogens is 3. The highest BCUT2D eigenvalue weighted by atomic mass is 127. The number of nitrogens with zero attached hydrogens (tertiary/aromatic N) is 3. The van der Waals surface area contributed by atoms with Gasteiger partial charge in [0.1, 0.15) is 11.6 Å². The van der Waals surface area contributed by atoms with Crippen LogP contribution in [-0.4, -0.2) is 35.3 Å². The predicted molar refractivity (Wildman–Crippen MR) is 127 cm³/mol. The average molecular weight is 506 g/mol. The van der Waals surface area contributed by atoms with Gasteiger partial charge in [-0.2, -0.15) is 5.10 Å². The zero-order valence-corrected chi connectivity index (χ0v) is 19.2. The van der Waals surface area contributed by atoms with E-state index in [2.05, 4.69) is 62.0 Å². The van der Waals surface area contributed by atoms with E-state index in [1.807, 2.05) is 24.3 Å². The Hall–Kier alpha value is -2.62. The maximum absolute atomic E-state index is 5.18. The molecule has 0 unspecified atom stereocenters. The lowest BCUT2D eigenvalue weighted by Crippen LogP contribution is -2.36. The van der Waals surface area contributed by atoms with Crippen LogP contribution in [0.25, 0.3) is 11.4 Å². The van der Waals surface area contributed by atoms with E-state index in [1.54, 1.807) is 14.2 Å². The van der Waals surface area contributed by atoms with Crippen molar-refractivity contribution in [3.63, 3.8) is 0 Å². The van der Waals surface area contributed by atoms with Crippen molar-refractivity contribution in [3.8, 4) is 17.1 Å². The second-order valence-electron chi connectivity index (χ2n) is 6.24. The summed E-state index contributed by atoms with van der Waals surface area (Å²) >= 11 is 0. The third-order valence-electron chi connectivity index (χ3n) is 4.47. The fraction of sp³-hybridized carbons (Fsp3) is 0.286. The number of ether oxygens (including phenoxy) is 1. The Bertz CT molecular complexity index is 923. The van der Waals surface area contributed by atoms with Gasteiger partial charge < -0.3 is 15.4 Å². The van der Waals surface area contributed by atoms with Gasteiger partial charge in [0.25, 0.3) is 0 Å². The monoisotopic (exact) mass is 506 g/mol. The van der Waals surface area contributed by atoms with Gasteiger partial charge in [0.2, 0.25) is 0 Å². The van der Waals surface area contributed by atoms with Gasteiger partial charge in [-0.05, 0) is 41.8 Å². The third kappa shape index (κ3) is 6.18. The van der Waals surface area contributed by atoms with Gasteiger partial charge in [-0.15, -0.1) is 24.0 Å². The number of aryl methyl sites for hydroxylation is 1. The summed E-state index contributed by atoms with van der Waals surface area (Å²) in [5.41, 5.74) is 3.54. The highest BCUT2D eigenvalue weighted by Gasteiger charge is 2.07. The highest BCUT2D eigenvalue weighted by Crippen LogP contribution is 2.18. The number of nitrogens with one attached hydrogen (secondary N) is 3. The first-order valence-corrected chi connectivity index (χ1v) is 9.30. The van der Waals surface area contributed by atoms with Crippen molar-refractivity contribution in [2.75, 3.05) is 14.2 Å². The summed E-state index contributed by atoms with van der Waals surface area (Å²) in [4.78, 5) is 8.81. The lowest BCUT2D eigenvalue weighted by atomic mass is 10.1. The molecule has 3 aromatic rings. The number of aromatic amines is 1. The molecule has 0 aliphatic rings. The van der Waals surface area contributed by atoms with Crippen molar-refractivity contribution in [2.45, 2.75) is 26.4 Å². The molecule has 8 heteroatoms. The Morgan fingerprint density at radius 3 is 2.38 bits per heavy atom. The van der Waals surface area contributed by atoms with Gasteiger partial charge in [-0.1, -0.05) is 31.2 Å². The normalized spacial score (nSPS) is 10.9. The summed E-state index contributed by atoms with van der Waals surface area (Å²) in [6, 6.07) is 16.1. The molecule has 0 aliphatic carbocycles. The molecule has 3 rings (SSSR count). The fourth-order valence-corrected chi connectivity index (χ4v) is 2.89. The van der Waals surface area contributed by atoms with Crippen LogP contribution in [0.4, 0.5) is 0 Å². The number of methoxy groups -OCH3 is 1. The van der Waals surface area contributed by atoms with Crippen LogP contribution in [0.1, 0.15) is 23.9 Å². The number of hydrogen-bond acceptors (Lipinski definition) is 4. The molecule has 3 N–H and O–H groups in total. The molecule has 2 aromatic carbocycles. The number of H-pyrrole nitrogens is 1. The number of rotatable bonds is 7. The minimum atomic E-state index is 0. The molecular formula is C21H27IN6O. The summed E-state index contributed by atoms with van der Waals surface area (Å²) in [5.74, 6) is 2.91. The molecule has 0 spiro atoms. The Kier molecular flexibility index (Phi) is 8.91. The molecule has 1 aromatic heterocycles. The van der Waals surface area contributed by atoms with E-state index in [9.17, 15) is 0 Å². The fourth-order valence-electron chi connectivity index (χ4n) is 2.89. The van der Waals surface area contributed by atoms with Crippen molar-refractivity contribution in [1.82, 2.24) is 25.8 Å². The second kappa shape index (κ2) is 11.4. The Labute approximate surface area is 188 Å². The van der Waals surface area contributed by atoms with Crippen LogP contribution in [0.15, 0.2) is 53.5 Å². The van der Waals surface area contributed by atoms with E-state index in [0.29, 0.717) is 18.3 Å². The number of guanidine groups is 1. The lowest BCUT2D eigenvalue weighted by molar-refractivity contribution is 0.415. The molecule has 0 saturated carbocycles. The van der Waals surface area contributed by atoms with Crippen molar-refractivity contribution < 1.29 is 4.74 Å². The molecule has 7 nitrogen and oxygen atoms in total. The van der Waals surface area contributed by atoms with Crippen LogP contribution < -0.4 is 15.4 Å². The van der Waals surface area contributed by atoms with Gasteiger partial charge in [-0.25, -0.2) is 4.98 Å². The van der Waals surface area contributed by atoms with E-state index < -0.39 is 0 Å². The average Bonchev–Trinajstić information content (AvgIpc) is 3.23. The van der Waals surface area contributed by atoms with Crippen LogP contribution in [0.3, 0.4) is 0 Å². The summed E-state index contributed by atoms with van der Waals surface area (Å²) in [6.07, 6.45) is 1.01. The van der Waals surface area contributed by atoms with Crippen molar-refractivity contribution >= 4 is 29.9 Å². The summed E-state index contributed by atoms with van der Waals surface area (Å²) < 4.78 is 5.18. The van der Waals surface area contributed by atoms with Gasteiger partial charge >= 0.3 is 0 Å². The molecule has 154 valence electrons. The second-order valence-corrected chi connectivity index (χ2v) is 6.24. The van der Waals surface area contributed by atoms with Crippen LogP contribution in [0, 0.1) is 0 Å². The number of benzene rings is 2. The van der Waals surface area contributed by atoms with E-state index in [4.69, 9.17) is 4.74 Å². The van der Waals surface area contributed by atoms with Gasteiger partial charge in [-0.3, -0.25) is 10.1 Å². The van der Waals surface area contributed by atoms with Crippen LogP contribution in [-0.2, 0) is 19.5 Å². The Morgan fingerprint density at radius 1 is 1.03 bits per heavy atom. The molecule has 0 fully saturated rings. The van der Waals surface area contributed by atoms with Crippen molar-refractivity contribution in [1.29, 1.82) is 0 Å². The molecule has 0 radical (unpaired) electrons. The largest absolute Gasteiger partial charge is 0.497 e. The summed E-state index contributed by atoms with van der Waals surface area (Å²) in [7, 11) is 3.40. The first-order chi connectivity index (χ1) is 13.7. The number of hydrogen-bond donors (Lipinski definition) is 3. The molecule has 0 bridgehead atoms. The standard InChI is InChI=1S/C21H26N6O.HI/c1-4-15-7-5-6-8-17(15)13-23-21(22-2)24-14-19-25-20(27-26-19)16-9-11-18(28-3)12-10-16;/h5-12H,4,13-14H2,1-3H3,(H2,22,23,24)(H,25,26,27);1H. The maximum Gasteiger partial charge on any atom is 0.191 e. The Morgan fingerprint density at radius 2 is 1.72 bits per heavy atom. The van der Waals surface area contributed by atoms with Gasteiger partial charge in [0, 0.05) is 19.2 Å².